The van der Waals surface area contributed by atoms with E-state index in [0.717, 1.165) is 51.3 Å². The van der Waals surface area contributed by atoms with Gasteiger partial charge in [0.05, 0.1) is 5.02 Å². The third kappa shape index (κ3) is 3.57. The minimum Gasteiger partial charge on any atom is -0.343 e. The molecule has 6 heteroatoms. The van der Waals surface area contributed by atoms with Crippen LogP contribution in [0.2, 0.25) is 5.02 Å². The fourth-order valence-corrected chi connectivity index (χ4v) is 3.29. The molecular weight excluding hydrogens is 319 g/mol. The second kappa shape index (κ2) is 7.64. The van der Waals surface area contributed by atoms with Crippen molar-refractivity contribution in [3.05, 3.63) is 28.5 Å². The summed E-state index contributed by atoms with van der Waals surface area (Å²) in [5, 5.41) is 1.90. The van der Waals surface area contributed by atoms with Crippen LogP contribution in [0.1, 0.15) is 25.1 Å². The van der Waals surface area contributed by atoms with Gasteiger partial charge in [-0.25, -0.2) is 4.98 Å². The number of hydrogen-bond donors (Lipinski definition) is 1. The van der Waals surface area contributed by atoms with Crippen molar-refractivity contribution in [1.82, 2.24) is 19.8 Å². The zero-order valence-electron chi connectivity index (χ0n) is 13.2. The molecule has 3 heterocycles. The maximum absolute atomic E-state index is 6.10. The van der Waals surface area contributed by atoms with Crippen LogP contribution in [0.5, 0.6) is 0 Å². The van der Waals surface area contributed by atoms with Crippen molar-refractivity contribution in [2.24, 2.45) is 0 Å². The number of rotatable bonds is 5. The van der Waals surface area contributed by atoms with Gasteiger partial charge in [-0.05, 0) is 24.7 Å². The molecule has 1 N–H and O–H groups in total. The lowest BCUT2D eigenvalue weighted by molar-refractivity contribution is 0.202. The fourth-order valence-electron chi connectivity index (χ4n) is 3.13. The number of nitrogens with zero attached hydrogens (tertiary/aromatic N) is 3. The Morgan fingerprint density at radius 2 is 2.14 bits per heavy atom. The van der Waals surface area contributed by atoms with Gasteiger partial charge in [0, 0.05) is 49.9 Å². The number of aromatic nitrogens is 2. The van der Waals surface area contributed by atoms with E-state index in [1.165, 1.54) is 16.6 Å². The minimum atomic E-state index is 0. The highest BCUT2D eigenvalue weighted by Gasteiger charge is 2.21. The molecule has 2 aromatic rings. The van der Waals surface area contributed by atoms with Crippen molar-refractivity contribution in [1.29, 1.82) is 0 Å². The molecule has 1 aliphatic heterocycles. The first kappa shape index (κ1) is 17.5. The molecule has 2 aromatic heterocycles. The summed E-state index contributed by atoms with van der Waals surface area (Å²) in [6, 6.07) is 2.03. The summed E-state index contributed by atoms with van der Waals surface area (Å²) in [6.07, 6.45) is 2.78. The fraction of sp³-hybridized carbons (Fsp3) is 0.562. The van der Waals surface area contributed by atoms with E-state index in [9.17, 15) is 0 Å². The summed E-state index contributed by atoms with van der Waals surface area (Å²) in [6.45, 7) is 11.1. The van der Waals surface area contributed by atoms with Gasteiger partial charge in [0.25, 0.3) is 0 Å². The number of fused-ring (bicyclic) bond motifs is 3. The van der Waals surface area contributed by atoms with Crippen LogP contribution in [0.15, 0.2) is 12.3 Å². The molecule has 0 aromatic carbocycles. The smallest absolute Gasteiger partial charge is 0.137 e. The van der Waals surface area contributed by atoms with Crippen LogP contribution in [0.3, 0.4) is 0 Å². The van der Waals surface area contributed by atoms with E-state index in [1.54, 1.807) is 6.20 Å². The molecule has 0 aliphatic carbocycles. The second-order valence-electron chi connectivity index (χ2n) is 5.68. The van der Waals surface area contributed by atoms with E-state index in [1.807, 2.05) is 6.07 Å². The van der Waals surface area contributed by atoms with Crippen molar-refractivity contribution < 1.29 is 0 Å². The monoisotopic (exact) mass is 342 g/mol. The normalized spacial score (nSPS) is 15.1. The molecule has 0 saturated carbocycles. The predicted octanol–water partition coefficient (Wildman–Crippen LogP) is 3.34. The van der Waals surface area contributed by atoms with Crippen molar-refractivity contribution in [3.8, 4) is 0 Å². The van der Waals surface area contributed by atoms with E-state index < -0.39 is 0 Å². The van der Waals surface area contributed by atoms with Gasteiger partial charge in [-0.15, -0.1) is 12.4 Å². The maximum atomic E-state index is 6.10. The summed E-state index contributed by atoms with van der Waals surface area (Å²) < 4.78 is 0. The van der Waals surface area contributed by atoms with Gasteiger partial charge < -0.3 is 9.88 Å². The van der Waals surface area contributed by atoms with Crippen LogP contribution in [-0.2, 0) is 13.0 Å². The summed E-state index contributed by atoms with van der Waals surface area (Å²) in [5.74, 6) is 0. The first-order valence-electron chi connectivity index (χ1n) is 7.81. The van der Waals surface area contributed by atoms with Crippen LogP contribution < -0.4 is 0 Å². The lowest BCUT2D eigenvalue weighted by atomic mass is 10.1. The van der Waals surface area contributed by atoms with Crippen molar-refractivity contribution >= 4 is 35.0 Å². The van der Waals surface area contributed by atoms with Gasteiger partial charge in [-0.2, -0.15) is 0 Å². The van der Waals surface area contributed by atoms with Gasteiger partial charge in [0.1, 0.15) is 5.65 Å². The summed E-state index contributed by atoms with van der Waals surface area (Å²) in [7, 11) is 0. The number of H-pyrrole nitrogens is 1. The van der Waals surface area contributed by atoms with Crippen LogP contribution >= 0.6 is 24.0 Å². The zero-order chi connectivity index (χ0) is 14.8. The Kier molecular flexibility index (Phi) is 6.09. The lowest BCUT2D eigenvalue weighted by Crippen LogP contribution is -2.37. The SMILES string of the molecule is CCN(CC)CCN1CCc2[nH]c3ncc(Cl)cc3c2C1.Cl. The molecule has 0 radical (unpaired) electrons. The van der Waals surface area contributed by atoms with E-state index in [2.05, 4.69) is 33.6 Å². The summed E-state index contributed by atoms with van der Waals surface area (Å²) in [5.41, 5.74) is 3.68. The Balaban J connectivity index is 0.00000176. The highest BCUT2D eigenvalue weighted by Crippen LogP contribution is 2.28. The molecule has 0 spiro atoms. The predicted molar refractivity (Wildman–Crippen MR) is 95.1 cm³/mol. The van der Waals surface area contributed by atoms with E-state index in [-0.39, 0.29) is 12.4 Å². The van der Waals surface area contributed by atoms with Crippen LogP contribution in [0, 0.1) is 0 Å². The molecule has 0 saturated heterocycles. The molecule has 1 aliphatic rings. The first-order chi connectivity index (χ1) is 10.2. The lowest BCUT2D eigenvalue weighted by Gasteiger charge is -2.29. The van der Waals surface area contributed by atoms with Crippen LogP contribution in [-0.4, -0.2) is 52.5 Å². The summed E-state index contributed by atoms with van der Waals surface area (Å²) >= 11 is 6.10. The molecular formula is C16H24Cl2N4. The first-order valence-corrected chi connectivity index (χ1v) is 8.18. The van der Waals surface area contributed by atoms with Gasteiger partial charge in [0.2, 0.25) is 0 Å². The van der Waals surface area contributed by atoms with Gasteiger partial charge in [-0.3, -0.25) is 4.90 Å². The molecule has 22 heavy (non-hydrogen) atoms. The Bertz CT molecular complexity index is 622. The average Bonchev–Trinajstić information content (AvgIpc) is 2.86. The molecule has 3 rings (SSSR count). The van der Waals surface area contributed by atoms with Gasteiger partial charge in [-0.1, -0.05) is 25.4 Å². The number of aromatic amines is 1. The Labute approximate surface area is 143 Å². The highest BCUT2D eigenvalue weighted by molar-refractivity contribution is 6.31. The molecule has 122 valence electrons. The average molecular weight is 343 g/mol. The second-order valence-corrected chi connectivity index (χ2v) is 6.12. The van der Waals surface area contributed by atoms with Crippen molar-refractivity contribution in [2.45, 2.75) is 26.8 Å². The number of likely N-dealkylation sites (N-methyl/N-ethyl adjacent to an activating group) is 1. The van der Waals surface area contributed by atoms with Gasteiger partial charge >= 0.3 is 0 Å². The zero-order valence-corrected chi connectivity index (χ0v) is 14.8. The minimum absolute atomic E-state index is 0. The van der Waals surface area contributed by atoms with Crippen LogP contribution in [0.4, 0.5) is 0 Å². The molecule has 0 bridgehead atoms. The molecule has 0 unspecified atom stereocenters. The molecule has 4 nitrogen and oxygen atoms in total. The molecule has 0 amide bonds. The Morgan fingerprint density at radius 3 is 2.86 bits per heavy atom. The third-order valence-electron chi connectivity index (χ3n) is 4.50. The number of nitrogens with one attached hydrogen (secondary N) is 1. The van der Waals surface area contributed by atoms with E-state index >= 15 is 0 Å². The Morgan fingerprint density at radius 1 is 1.36 bits per heavy atom. The number of halogens is 2. The topological polar surface area (TPSA) is 35.2 Å². The van der Waals surface area contributed by atoms with Crippen LogP contribution in [0.25, 0.3) is 11.0 Å². The van der Waals surface area contributed by atoms with Crippen molar-refractivity contribution in [2.75, 3.05) is 32.7 Å². The Hall–Kier alpha value is -0.810. The quantitative estimate of drug-likeness (QED) is 0.904. The molecule has 0 atom stereocenters. The molecule has 0 fully saturated rings. The van der Waals surface area contributed by atoms with Gasteiger partial charge in [0.15, 0.2) is 0 Å². The van der Waals surface area contributed by atoms with E-state index in [0.29, 0.717) is 5.02 Å². The summed E-state index contributed by atoms with van der Waals surface area (Å²) in [4.78, 5) is 12.9. The third-order valence-corrected chi connectivity index (χ3v) is 4.71. The van der Waals surface area contributed by atoms with Crippen molar-refractivity contribution in [3.63, 3.8) is 0 Å². The number of hydrogen-bond acceptors (Lipinski definition) is 3. The largest absolute Gasteiger partial charge is 0.343 e. The van der Waals surface area contributed by atoms with E-state index in [4.69, 9.17) is 11.6 Å². The maximum Gasteiger partial charge on any atom is 0.137 e. The highest BCUT2D eigenvalue weighted by atomic mass is 35.5. The number of pyridine rings is 1. The standard InChI is InChI=1S/C16H23ClN4.ClH/c1-3-20(4-2)7-8-21-6-5-15-14(11-21)13-9-12(17)10-18-16(13)19-15;/h9-10H,3-8,11H2,1-2H3,(H,18,19);1H.